The smallest absolute Gasteiger partial charge is 0.362 e. The second-order valence-electron chi connectivity index (χ2n) is 6.70. The summed E-state index contributed by atoms with van der Waals surface area (Å²) in [5.41, 5.74) is 0.586. The molecule has 0 amide bonds. The third kappa shape index (κ3) is 4.81. The molecule has 0 radical (unpaired) electrons. The summed E-state index contributed by atoms with van der Waals surface area (Å²) in [7, 11) is -1.17. The van der Waals surface area contributed by atoms with Crippen LogP contribution in [0, 0.1) is 0 Å². The first-order valence-corrected chi connectivity index (χ1v) is 12.1. The summed E-state index contributed by atoms with van der Waals surface area (Å²) in [6.45, 7) is 7.69. The Balaban J connectivity index is 2.22. The molecule has 23 heavy (non-hydrogen) atoms. The first-order chi connectivity index (χ1) is 10.6. The van der Waals surface area contributed by atoms with Gasteiger partial charge in [0.25, 0.3) is 0 Å². The van der Waals surface area contributed by atoms with Gasteiger partial charge in [0, 0.05) is 17.3 Å². The SMILES string of the molecule is C[Si-](C)(C)CCOCn1ncc2cc(C(F)(F)F)cc(CBr)c21. The van der Waals surface area contributed by atoms with Gasteiger partial charge in [-0.05, 0) is 17.7 Å². The minimum absolute atomic E-state index is 0.249. The number of halogens is 4. The lowest BCUT2D eigenvalue weighted by atomic mass is 10.1. The molecule has 0 spiro atoms. The Bertz CT molecular complexity index is 680. The van der Waals surface area contributed by atoms with E-state index >= 15 is 0 Å². The lowest BCUT2D eigenvalue weighted by Crippen LogP contribution is -2.22. The van der Waals surface area contributed by atoms with Crippen LogP contribution in [0.25, 0.3) is 10.9 Å². The molecule has 0 saturated heterocycles. The molecule has 8 heteroatoms. The molecule has 0 unspecified atom stereocenters. The molecule has 0 saturated carbocycles. The maximum Gasteiger partial charge on any atom is 0.416 e. The summed E-state index contributed by atoms with van der Waals surface area (Å²) >= 11 is 3.26. The average Bonchev–Trinajstić information content (AvgIpc) is 2.84. The fourth-order valence-corrected chi connectivity index (χ4v) is 3.40. The van der Waals surface area contributed by atoms with Crippen LogP contribution >= 0.6 is 15.9 Å². The lowest BCUT2D eigenvalue weighted by molar-refractivity contribution is -0.137. The van der Waals surface area contributed by atoms with Gasteiger partial charge in [-0.1, -0.05) is 15.9 Å². The van der Waals surface area contributed by atoms with Crippen molar-refractivity contribution in [2.45, 2.75) is 43.9 Å². The van der Waals surface area contributed by atoms with E-state index in [9.17, 15) is 13.2 Å². The topological polar surface area (TPSA) is 27.1 Å². The first-order valence-electron chi connectivity index (χ1n) is 7.31. The number of hydrogen-bond acceptors (Lipinski definition) is 2. The van der Waals surface area contributed by atoms with Gasteiger partial charge in [0.15, 0.2) is 0 Å². The Morgan fingerprint density at radius 3 is 2.52 bits per heavy atom. The van der Waals surface area contributed by atoms with Crippen molar-refractivity contribution in [2.75, 3.05) is 6.61 Å². The van der Waals surface area contributed by atoms with E-state index < -0.39 is 19.8 Å². The largest absolute Gasteiger partial charge is 0.416 e. The Labute approximate surface area is 142 Å². The molecule has 2 aromatic rings. The van der Waals surface area contributed by atoms with E-state index in [0.717, 1.165) is 18.2 Å². The Morgan fingerprint density at radius 2 is 1.96 bits per heavy atom. The molecular weight excluding hydrogens is 389 g/mol. The Hall–Kier alpha value is -0.863. The van der Waals surface area contributed by atoms with Crippen LogP contribution in [0.5, 0.6) is 0 Å². The fourth-order valence-electron chi connectivity index (χ4n) is 2.21. The minimum Gasteiger partial charge on any atom is -0.362 e. The molecule has 0 fully saturated rings. The molecule has 0 N–H and O–H groups in total. The zero-order valence-electron chi connectivity index (χ0n) is 13.4. The molecule has 0 aliphatic rings. The highest BCUT2D eigenvalue weighted by Gasteiger charge is 2.31. The van der Waals surface area contributed by atoms with Gasteiger partial charge in [-0.3, -0.25) is 0 Å². The van der Waals surface area contributed by atoms with Gasteiger partial charge in [0.05, 0.1) is 17.3 Å². The van der Waals surface area contributed by atoms with Gasteiger partial charge in [0.2, 0.25) is 0 Å². The van der Waals surface area contributed by atoms with E-state index in [2.05, 4.69) is 40.7 Å². The standard InChI is InChI=1S/C15H20BrF3N2OSi/c1-23(2,3)5-4-22-10-21-14-11(8-16)6-13(15(17,18)19)7-12(14)9-20-21/h6-7,9H,4-5,8,10H2,1-3H3/q-1. The van der Waals surface area contributed by atoms with Crippen molar-refractivity contribution in [3.63, 3.8) is 0 Å². The normalized spacial score (nSPS) is 13.0. The lowest BCUT2D eigenvalue weighted by Gasteiger charge is -2.26. The summed E-state index contributed by atoms with van der Waals surface area (Å²) in [4.78, 5) is 0. The highest BCUT2D eigenvalue weighted by molar-refractivity contribution is 9.08. The molecule has 129 valence electrons. The van der Waals surface area contributed by atoms with E-state index in [1.165, 1.54) is 6.20 Å². The van der Waals surface area contributed by atoms with Gasteiger partial charge < -0.3 is 4.74 Å². The number of aromatic nitrogens is 2. The van der Waals surface area contributed by atoms with Crippen LogP contribution in [-0.2, 0) is 23.0 Å². The number of ether oxygens (including phenoxy) is 1. The van der Waals surface area contributed by atoms with Crippen LogP contribution in [-0.4, -0.2) is 24.5 Å². The Kier molecular flexibility index (Phi) is 5.58. The minimum atomic E-state index is -4.36. The summed E-state index contributed by atoms with van der Waals surface area (Å²) < 4.78 is 46.1. The number of nitrogens with zero attached hydrogens (tertiary/aromatic N) is 2. The van der Waals surface area contributed by atoms with Gasteiger partial charge >= 0.3 is 6.18 Å². The van der Waals surface area contributed by atoms with Crippen molar-refractivity contribution in [3.05, 3.63) is 29.5 Å². The number of hydrogen-bond donors (Lipinski definition) is 0. The second kappa shape index (κ2) is 6.94. The molecule has 1 aromatic carbocycles. The van der Waals surface area contributed by atoms with Crippen LogP contribution in [0.4, 0.5) is 13.2 Å². The highest BCUT2D eigenvalue weighted by Crippen LogP contribution is 2.34. The van der Waals surface area contributed by atoms with Crippen LogP contribution < -0.4 is 0 Å². The zero-order valence-corrected chi connectivity index (χ0v) is 16.0. The molecular formula is C15H20BrF3N2OSi-. The molecule has 3 nitrogen and oxygen atoms in total. The van der Waals surface area contributed by atoms with E-state index in [-0.39, 0.29) is 6.73 Å². The third-order valence-corrected chi connectivity index (χ3v) is 5.80. The van der Waals surface area contributed by atoms with Crippen LogP contribution in [0.15, 0.2) is 18.3 Å². The van der Waals surface area contributed by atoms with Crippen molar-refractivity contribution in [2.24, 2.45) is 0 Å². The Morgan fingerprint density at radius 1 is 1.26 bits per heavy atom. The van der Waals surface area contributed by atoms with Gasteiger partial charge in [-0.15, -0.1) is 14.1 Å². The zero-order chi connectivity index (χ0) is 17.3. The first kappa shape index (κ1) is 18.5. The van der Waals surface area contributed by atoms with E-state index in [0.29, 0.717) is 28.4 Å². The van der Waals surface area contributed by atoms with E-state index in [4.69, 9.17) is 4.74 Å². The molecule has 0 atom stereocenters. The number of rotatable bonds is 6. The van der Waals surface area contributed by atoms with Gasteiger partial charge in [-0.25, -0.2) is 4.68 Å². The summed E-state index contributed by atoms with van der Waals surface area (Å²) in [6.07, 6.45) is -2.90. The maximum absolute atomic E-state index is 12.9. The van der Waals surface area contributed by atoms with Crippen molar-refractivity contribution in [1.82, 2.24) is 9.78 Å². The predicted octanol–water partition coefficient (Wildman–Crippen LogP) is 5.26. The predicted molar refractivity (Wildman–Crippen MR) is 91.5 cm³/mol. The molecule has 1 heterocycles. The third-order valence-electron chi connectivity index (χ3n) is 3.49. The van der Waals surface area contributed by atoms with Gasteiger partial charge in [-0.2, -0.15) is 37.9 Å². The quantitative estimate of drug-likeness (QED) is 0.370. The van der Waals surface area contributed by atoms with E-state index in [1.807, 2.05) is 0 Å². The molecule has 2 rings (SSSR count). The van der Waals surface area contributed by atoms with Crippen LogP contribution in [0.1, 0.15) is 11.1 Å². The van der Waals surface area contributed by atoms with Crippen LogP contribution in [0.3, 0.4) is 0 Å². The summed E-state index contributed by atoms with van der Waals surface area (Å²) in [5, 5.41) is 4.98. The fraction of sp³-hybridized carbons (Fsp3) is 0.533. The summed E-state index contributed by atoms with van der Waals surface area (Å²) in [6, 6.07) is 3.33. The highest BCUT2D eigenvalue weighted by atomic mass is 79.9. The van der Waals surface area contributed by atoms with Crippen molar-refractivity contribution < 1.29 is 17.9 Å². The van der Waals surface area contributed by atoms with Crippen molar-refractivity contribution in [1.29, 1.82) is 0 Å². The maximum atomic E-state index is 12.9. The number of benzene rings is 1. The second-order valence-corrected chi connectivity index (χ2v) is 12.9. The van der Waals surface area contributed by atoms with E-state index in [1.54, 1.807) is 4.68 Å². The van der Waals surface area contributed by atoms with Crippen molar-refractivity contribution >= 4 is 34.9 Å². The molecule has 1 aromatic heterocycles. The summed E-state index contributed by atoms with van der Waals surface area (Å²) in [5.74, 6) is 0. The van der Waals surface area contributed by atoms with Crippen molar-refractivity contribution in [3.8, 4) is 0 Å². The number of fused-ring (bicyclic) bond motifs is 1. The number of alkyl halides is 4. The molecule has 0 aliphatic heterocycles. The average molecular weight is 409 g/mol. The monoisotopic (exact) mass is 408 g/mol. The van der Waals surface area contributed by atoms with Crippen LogP contribution in [0.2, 0.25) is 25.7 Å². The van der Waals surface area contributed by atoms with Gasteiger partial charge in [0.1, 0.15) is 6.73 Å². The molecule has 0 aliphatic carbocycles. The molecule has 0 bridgehead atoms.